The molecule has 0 aliphatic carbocycles. The smallest absolute Gasteiger partial charge is 0.227 e. The average Bonchev–Trinajstić information content (AvgIpc) is 3.71. The quantitative estimate of drug-likeness (QED) is 0.204. The number of rotatable bonds is 5. The van der Waals surface area contributed by atoms with Crippen LogP contribution in [0.1, 0.15) is 0 Å². The molecule has 0 atom stereocenters. The fourth-order valence-corrected chi connectivity index (χ4v) is 6.30. The van der Waals surface area contributed by atoms with E-state index < -0.39 is 0 Å². The Hall–Kier alpha value is -6.13. The van der Waals surface area contributed by atoms with E-state index in [0.29, 0.717) is 5.89 Å². The molecule has 9 aromatic rings. The van der Waals surface area contributed by atoms with Gasteiger partial charge < -0.3 is 13.7 Å². The van der Waals surface area contributed by atoms with Crippen molar-refractivity contribution in [2.24, 2.45) is 0 Å². The van der Waals surface area contributed by atoms with Gasteiger partial charge in [-0.15, -0.1) is 0 Å². The average molecular weight is 579 g/mol. The van der Waals surface area contributed by atoms with Crippen molar-refractivity contribution in [2.75, 3.05) is 4.90 Å². The van der Waals surface area contributed by atoms with E-state index in [0.717, 1.165) is 61.2 Å². The Kier molecular flexibility index (Phi) is 5.78. The second kappa shape index (κ2) is 10.2. The monoisotopic (exact) mass is 578 g/mol. The van der Waals surface area contributed by atoms with Crippen LogP contribution in [0, 0.1) is 0 Å². The van der Waals surface area contributed by atoms with E-state index >= 15 is 0 Å². The number of nitrogens with zero attached hydrogens (tertiary/aromatic N) is 2. The largest absolute Gasteiger partial charge is 0.456 e. The van der Waals surface area contributed by atoms with Gasteiger partial charge in [-0.3, -0.25) is 0 Å². The van der Waals surface area contributed by atoms with Crippen molar-refractivity contribution in [1.29, 1.82) is 0 Å². The Bertz CT molecular complexity index is 2490. The van der Waals surface area contributed by atoms with Crippen molar-refractivity contribution < 1.29 is 8.83 Å². The fourth-order valence-electron chi connectivity index (χ4n) is 6.30. The number of hydrogen-bond donors (Lipinski definition) is 0. The molecular formula is C41H26N2O2. The molecule has 0 saturated carbocycles. The fraction of sp³-hybridized carbons (Fsp3) is 0. The molecule has 0 amide bonds. The second-order valence-electron chi connectivity index (χ2n) is 11.2. The van der Waals surface area contributed by atoms with Gasteiger partial charge >= 0.3 is 0 Å². The van der Waals surface area contributed by atoms with Crippen LogP contribution < -0.4 is 4.90 Å². The summed E-state index contributed by atoms with van der Waals surface area (Å²) < 4.78 is 12.7. The van der Waals surface area contributed by atoms with Gasteiger partial charge in [-0.25, -0.2) is 4.98 Å². The molecule has 212 valence electrons. The van der Waals surface area contributed by atoms with Crippen LogP contribution in [0.2, 0.25) is 0 Å². The summed E-state index contributed by atoms with van der Waals surface area (Å²) in [4.78, 5) is 7.21. The molecule has 0 aliphatic heterocycles. The Morgan fingerprint density at radius 2 is 1.09 bits per heavy atom. The summed E-state index contributed by atoms with van der Waals surface area (Å²) in [6.45, 7) is 0. The summed E-state index contributed by atoms with van der Waals surface area (Å²) in [6, 6.07) is 54.6. The number of furan rings is 1. The molecule has 4 heteroatoms. The first-order valence-corrected chi connectivity index (χ1v) is 15.0. The highest BCUT2D eigenvalue weighted by atomic mass is 16.4. The number of fused-ring (bicyclic) bond motifs is 6. The van der Waals surface area contributed by atoms with Crippen molar-refractivity contribution in [3.05, 3.63) is 158 Å². The molecule has 45 heavy (non-hydrogen) atoms. The van der Waals surface area contributed by atoms with Crippen LogP contribution in [0.15, 0.2) is 167 Å². The molecule has 0 aliphatic rings. The maximum absolute atomic E-state index is 6.49. The van der Waals surface area contributed by atoms with Gasteiger partial charge in [-0.2, -0.15) is 0 Å². The van der Waals surface area contributed by atoms with Gasteiger partial charge in [0, 0.05) is 34.1 Å². The zero-order valence-corrected chi connectivity index (χ0v) is 24.2. The second-order valence-corrected chi connectivity index (χ2v) is 11.2. The first kappa shape index (κ1) is 25.4. The lowest BCUT2D eigenvalue weighted by atomic mass is 10.0. The molecule has 0 fully saturated rings. The first-order chi connectivity index (χ1) is 22.3. The molecule has 2 aromatic heterocycles. The SMILES string of the molecule is c1ccc(-c2cccc(N(c3ccc4ccccc4c3)c3ccc4c(c3)oc3ccc5oc(-c6ccccc6)nc5c34)c2)cc1. The van der Waals surface area contributed by atoms with Gasteiger partial charge in [0.2, 0.25) is 5.89 Å². The highest BCUT2D eigenvalue weighted by molar-refractivity contribution is 6.17. The van der Waals surface area contributed by atoms with Crippen LogP contribution in [0.25, 0.3) is 66.4 Å². The lowest BCUT2D eigenvalue weighted by Crippen LogP contribution is -2.10. The molecule has 4 nitrogen and oxygen atoms in total. The van der Waals surface area contributed by atoms with Crippen LogP contribution in [0.5, 0.6) is 0 Å². The maximum atomic E-state index is 6.49. The van der Waals surface area contributed by atoms with Crippen LogP contribution in [-0.4, -0.2) is 4.98 Å². The molecule has 0 unspecified atom stereocenters. The van der Waals surface area contributed by atoms with E-state index in [-0.39, 0.29) is 0 Å². The van der Waals surface area contributed by atoms with E-state index in [1.54, 1.807) is 0 Å². The Morgan fingerprint density at radius 3 is 1.93 bits per heavy atom. The van der Waals surface area contributed by atoms with Gasteiger partial charge in [-0.1, -0.05) is 91.0 Å². The molecule has 2 heterocycles. The summed E-state index contributed by atoms with van der Waals surface area (Å²) in [6.07, 6.45) is 0. The normalized spacial score (nSPS) is 11.6. The summed E-state index contributed by atoms with van der Waals surface area (Å²) in [5.41, 5.74) is 9.54. The molecule has 0 N–H and O–H groups in total. The number of aromatic nitrogens is 1. The molecule has 0 spiro atoms. The third-order valence-electron chi connectivity index (χ3n) is 8.46. The highest BCUT2D eigenvalue weighted by Gasteiger charge is 2.19. The van der Waals surface area contributed by atoms with E-state index in [4.69, 9.17) is 13.8 Å². The third-order valence-corrected chi connectivity index (χ3v) is 8.46. The van der Waals surface area contributed by atoms with E-state index in [2.05, 4.69) is 114 Å². The van der Waals surface area contributed by atoms with Gasteiger partial charge in [0.15, 0.2) is 5.58 Å². The molecule has 9 rings (SSSR count). The Labute approximate surface area is 259 Å². The first-order valence-electron chi connectivity index (χ1n) is 15.0. The van der Waals surface area contributed by atoms with Crippen molar-refractivity contribution in [3.8, 4) is 22.6 Å². The Balaban J connectivity index is 1.22. The van der Waals surface area contributed by atoms with Crippen LogP contribution >= 0.6 is 0 Å². The number of anilines is 3. The van der Waals surface area contributed by atoms with Crippen LogP contribution in [-0.2, 0) is 0 Å². The summed E-state index contributed by atoms with van der Waals surface area (Å²) in [5, 5.41) is 4.36. The third kappa shape index (κ3) is 4.35. The van der Waals surface area contributed by atoms with E-state index in [1.807, 2.05) is 48.5 Å². The molecular weight excluding hydrogens is 552 g/mol. The topological polar surface area (TPSA) is 42.4 Å². The van der Waals surface area contributed by atoms with Crippen molar-refractivity contribution >= 4 is 60.9 Å². The van der Waals surface area contributed by atoms with Crippen LogP contribution in [0.4, 0.5) is 17.1 Å². The maximum Gasteiger partial charge on any atom is 0.227 e. The minimum Gasteiger partial charge on any atom is -0.456 e. The van der Waals surface area contributed by atoms with Crippen LogP contribution in [0.3, 0.4) is 0 Å². The standard InChI is InChI=1S/C41H26N2O2/c1-3-10-27(11-4-1)31-16-9-17-32(24-31)43(33-19-18-28-12-7-8-15-30(28)25-33)34-20-21-35-38(26-34)44-36-22-23-37-40(39(35)36)42-41(45-37)29-13-5-2-6-14-29/h1-26H. The zero-order chi connectivity index (χ0) is 29.7. The predicted molar refractivity (Wildman–Crippen MR) is 184 cm³/mol. The zero-order valence-electron chi connectivity index (χ0n) is 24.2. The predicted octanol–water partition coefficient (Wildman–Crippen LogP) is 11.7. The number of oxazole rings is 1. The minimum absolute atomic E-state index is 0.602. The van der Waals surface area contributed by atoms with Gasteiger partial charge in [-0.05, 0) is 82.6 Å². The Morgan fingerprint density at radius 1 is 0.422 bits per heavy atom. The molecule has 0 bridgehead atoms. The van der Waals surface area contributed by atoms with Gasteiger partial charge in [0.05, 0.1) is 5.39 Å². The summed E-state index contributed by atoms with van der Waals surface area (Å²) in [5.74, 6) is 0.602. The molecule has 7 aromatic carbocycles. The van der Waals surface area contributed by atoms with Crippen molar-refractivity contribution in [3.63, 3.8) is 0 Å². The number of benzene rings is 7. The van der Waals surface area contributed by atoms with Gasteiger partial charge in [0.1, 0.15) is 16.7 Å². The lowest BCUT2D eigenvalue weighted by molar-refractivity contribution is 0.619. The molecule has 0 saturated heterocycles. The van der Waals surface area contributed by atoms with Crippen molar-refractivity contribution in [2.45, 2.75) is 0 Å². The van der Waals surface area contributed by atoms with Gasteiger partial charge in [0.25, 0.3) is 0 Å². The lowest BCUT2D eigenvalue weighted by Gasteiger charge is -2.26. The minimum atomic E-state index is 0.602. The van der Waals surface area contributed by atoms with E-state index in [1.165, 1.54) is 16.3 Å². The van der Waals surface area contributed by atoms with Crippen molar-refractivity contribution in [1.82, 2.24) is 4.98 Å². The van der Waals surface area contributed by atoms with E-state index in [9.17, 15) is 0 Å². The summed E-state index contributed by atoms with van der Waals surface area (Å²) in [7, 11) is 0. The molecule has 0 radical (unpaired) electrons. The summed E-state index contributed by atoms with van der Waals surface area (Å²) >= 11 is 0. The highest BCUT2D eigenvalue weighted by Crippen LogP contribution is 2.42. The number of hydrogen-bond acceptors (Lipinski definition) is 4.